The summed E-state index contributed by atoms with van der Waals surface area (Å²) in [6, 6.07) is 7.21. The summed E-state index contributed by atoms with van der Waals surface area (Å²) in [5.74, 6) is 3.00. The largest absolute Gasteiger partial charge is 0.493 e. The van der Waals surface area contributed by atoms with Gasteiger partial charge < -0.3 is 30.0 Å². The second-order valence-corrected chi connectivity index (χ2v) is 8.57. The zero-order chi connectivity index (χ0) is 26.8. The molecule has 0 aliphatic carbocycles. The van der Waals surface area contributed by atoms with Crippen molar-refractivity contribution in [3.63, 3.8) is 0 Å². The number of anilines is 2. The van der Waals surface area contributed by atoms with Gasteiger partial charge in [-0.3, -0.25) is 9.78 Å². The number of rotatable bonds is 4. The van der Waals surface area contributed by atoms with E-state index < -0.39 is 0 Å². The van der Waals surface area contributed by atoms with Gasteiger partial charge in [0.2, 0.25) is 0 Å². The predicted molar refractivity (Wildman–Crippen MR) is 149 cm³/mol. The summed E-state index contributed by atoms with van der Waals surface area (Å²) in [5.41, 5.74) is 4.80. The monoisotopic (exact) mass is 523 g/mol. The molecule has 0 spiro atoms. The number of carbonyl (C=O) groups excluding carboxylic acids is 1. The van der Waals surface area contributed by atoms with Crippen LogP contribution >= 0.6 is 11.6 Å². The first kappa shape index (κ1) is 28.1. The quantitative estimate of drug-likeness (QED) is 0.428. The Morgan fingerprint density at radius 2 is 2.00 bits per heavy atom. The smallest absolute Gasteiger partial charge is 0.255 e. The summed E-state index contributed by atoms with van der Waals surface area (Å²) in [4.78, 5) is 22.4. The number of aromatic nitrogens is 2. The van der Waals surface area contributed by atoms with Gasteiger partial charge in [0.25, 0.3) is 5.91 Å². The molecular weight excluding hydrogens is 490 g/mol. The van der Waals surface area contributed by atoms with Crippen molar-refractivity contribution in [1.82, 2.24) is 20.2 Å². The van der Waals surface area contributed by atoms with E-state index in [4.69, 9.17) is 27.5 Å². The van der Waals surface area contributed by atoms with E-state index in [0.29, 0.717) is 46.2 Å². The van der Waals surface area contributed by atoms with Crippen molar-refractivity contribution in [2.24, 2.45) is 0 Å². The highest BCUT2D eigenvalue weighted by Crippen LogP contribution is 2.41. The van der Waals surface area contributed by atoms with E-state index >= 15 is 0 Å². The van der Waals surface area contributed by atoms with Crippen molar-refractivity contribution in [2.45, 2.75) is 20.3 Å². The number of ether oxygens (including phenoxy) is 2. The number of amides is 1. The lowest BCUT2D eigenvalue weighted by molar-refractivity contribution is 0.0503. The second kappa shape index (κ2) is 13.7. The van der Waals surface area contributed by atoms with Crippen LogP contribution in [-0.4, -0.2) is 67.8 Å². The van der Waals surface area contributed by atoms with Gasteiger partial charge in [0, 0.05) is 49.7 Å². The average Bonchev–Trinajstić information content (AvgIpc) is 3.30. The number of H-pyrrole nitrogens is 1. The molecule has 0 radical (unpaired) electrons. The number of benzene rings is 1. The van der Waals surface area contributed by atoms with E-state index in [1.807, 2.05) is 32.0 Å². The molecule has 3 aromatic rings. The predicted octanol–water partition coefficient (Wildman–Crippen LogP) is 4.72. The standard InChI is InChI=1S/C21H17ClN4O2.C5H11NO.C2H6/c1-3-12-11-23-9-7-13(12)18-19(17-15(25-18)8-10-24-21(17)27)26-16-6-4-5-14(22)20(16)28-2;1-6-2-4-7-5-3-6;1-2/h1,4-7,9,11,25-26H,8,10H2,2H3,(H,24,27);2-5H2,1H3;1-2H3. The van der Waals surface area contributed by atoms with Gasteiger partial charge in [-0.05, 0) is 25.2 Å². The minimum absolute atomic E-state index is 0.149. The number of halogens is 1. The van der Waals surface area contributed by atoms with E-state index in [0.717, 1.165) is 43.3 Å². The third-order valence-corrected chi connectivity index (χ3v) is 6.17. The van der Waals surface area contributed by atoms with Crippen LogP contribution in [0.4, 0.5) is 11.4 Å². The Kier molecular flexibility index (Phi) is 10.4. The SMILES string of the molecule is C#Cc1cnccc1-c1[nH]c2c(c1Nc1cccc(Cl)c1OC)C(=O)NCC2.CC.CN1CCOCC1. The topological polar surface area (TPSA) is 91.5 Å². The van der Waals surface area contributed by atoms with E-state index in [-0.39, 0.29) is 5.91 Å². The molecule has 1 aromatic carbocycles. The number of nitrogens with zero attached hydrogens (tertiary/aromatic N) is 2. The van der Waals surface area contributed by atoms with Crippen LogP contribution in [0, 0.1) is 12.3 Å². The Labute approximate surface area is 223 Å². The van der Waals surface area contributed by atoms with Crippen LogP contribution in [0.1, 0.15) is 35.5 Å². The van der Waals surface area contributed by atoms with Crippen LogP contribution in [0.25, 0.3) is 11.3 Å². The van der Waals surface area contributed by atoms with Crippen molar-refractivity contribution >= 4 is 28.9 Å². The number of fused-ring (bicyclic) bond motifs is 1. The number of terminal acetylenes is 1. The normalized spacial score (nSPS) is 14.5. The lowest BCUT2D eigenvalue weighted by atomic mass is 10.0. The number of methoxy groups -OCH3 is 1. The van der Waals surface area contributed by atoms with Gasteiger partial charge in [-0.2, -0.15) is 0 Å². The highest BCUT2D eigenvalue weighted by molar-refractivity contribution is 6.32. The molecule has 1 saturated heterocycles. The zero-order valence-electron chi connectivity index (χ0n) is 21.8. The summed E-state index contributed by atoms with van der Waals surface area (Å²) >= 11 is 6.26. The Bertz CT molecular complexity index is 1250. The minimum Gasteiger partial charge on any atom is -0.493 e. The molecule has 0 atom stereocenters. The van der Waals surface area contributed by atoms with Crippen LogP contribution in [0.5, 0.6) is 5.75 Å². The average molecular weight is 524 g/mol. The van der Waals surface area contributed by atoms with Gasteiger partial charge in [0.1, 0.15) is 0 Å². The van der Waals surface area contributed by atoms with Crippen LogP contribution < -0.4 is 15.4 Å². The van der Waals surface area contributed by atoms with Gasteiger partial charge >= 0.3 is 0 Å². The molecule has 1 fully saturated rings. The summed E-state index contributed by atoms with van der Waals surface area (Å²) in [6.07, 6.45) is 9.65. The highest BCUT2D eigenvalue weighted by atomic mass is 35.5. The van der Waals surface area contributed by atoms with E-state index in [9.17, 15) is 4.79 Å². The van der Waals surface area contributed by atoms with Crippen LogP contribution in [-0.2, 0) is 11.2 Å². The Morgan fingerprint density at radius 1 is 1.24 bits per heavy atom. The summed E-state index contributed by atoms with van der Waals surface area (Å²) in [6.45, 7) is 8.59. The maximum Gasteiger partial charge on any atom is 0.255 e. The van der Waals surface area contributed by atoms with Gasteiger partial charge in [0.05, 0.1) is 53.5 Å². The fourth-order valence-corrected chi connectivity index (χ4v) is 4.29. The molecule has 196 valence electrons. The van der Waals surface area contributed by atoms with Gasteiger partial charge in [0.15, 0.2) is 5.75 Å². The molecule has 0 unspecified atom stereocenters. The molecule has 8 nitrogen and oxygen atoms in total. The summed E-state index contributed by atoms with van der Waals surface area (Å²) in [5, 5.41) is 6.69. The van der Waals surface area contributed by atoms with Crippen molar-refractivity contribution in [1.29, 1.82) is 0 Å². The Hall–Kier alpha value is -3.51. The molecule has 5 rings (SSSR count). The minimum atomic E-state index is -0.149. The molecule has 0 bridgehead atoms. The first-order valence-corrected chi connectivity index (χ1v) is 12.7. The highest BCUT2D eigenvalue weighted by Gasteiger charge is 2.28. The van der Waals surface area contributed by atoms with Crippen molar-refractivity contribution in [3.8, 4) is 29.4 Å². The number of morpholine rings is 1. The van der Waals surface area contributed by atoms with Crippen molar-refractivity contribution in [2.75, 3.05) is 52.3 Å². The van der Waals surface area contributed by atoms with Crippen LogP contribution in [0.2, 0.25) is 5.02 Å². The van der Waals surface area contributed by atoms with Crippen LogP contribution in [0.15, 0.2) is 36.7 Å². The van der Waals surface area contributed by atoms with E-state index in [2.05, 4.69) is 38.5 Å². The molecule has 0 saturated carbocycles. The number of hydrogen-bond acceptors (Lipinski definition) is 6. The first-order valence-electron chi connectivity index (χ1n) is 12.3. The maximum absolute atomic E-state index is 12.6. The molecule has 1 amide bonds. The lowest BCUT2D eigenvalue weighted by Gasteiger charge is -2.21. The fourth-order valence-electron chi connectivity index (χ4n) is 4.04. The molecule has 9 heteroatoms. The first-order chi connectivity index (χ1) is 18.0. The number of pyridine rings is 1. The summed E-state index contributed by atoms with van der Waals surface area (Å²) in [7, 11) is 3.66. The number of aromatic amines is 1. The maximum atomic E-state index is 12.6. The molecule has 3 N–H and O–H groups in total. The van der Waals surface area contributed by atoms with Gasteiger partial charge in [-0.25, -0.2) is 0 Å². The van der Waals surface area contributed by atoms with Crippen LogP contribution in [0.3, 0.4) is 0 Å². The number of hydrogen-bond donors (Lipinski definition) is 3. The van der Waals surface area contributed by atoms with Crippen molar-refractivity contribution < 1.29 is 14.3 Å². The third-order valence-electron chi connectivity index (χ3n) is 5.88. The Balaban J connectivity index is 0.000000361. The molecule has 2 aliphatic rings. The number of carbonyl (C=O) groups is 1. The zero-order valence-corrected chi connectivity index (χ0v) is 22.5. The van der Waals surface area contributed by atoms with E-state index in [1.54, 1.807) is 25.6 Å². The lowest BCUT2D eigenvalue weighted by Crippen LogP contribution is -2.32. The van der Waals surface area contributed by atoms with Gasteiger partial charge in [-0.15, -0.1) is 6.42 Å². The molecule has 2 aliphatic heterocycles. The Morgan fingerprint density at radius 3 is 2.65 bits per heavy atom. The molecular formula is C28H34ClN5O3. The van der Waals surface area contributed by atoms with E-state index in [1.165, 1.54) is 0 Å². The number of para-hydroxylation sites is 1. The fraction of sp³-hybridized carbons (Fsp3) is 0.357. The number of likely N-dealkylation sites (N-methyl/N-ethyl adjacent to an activating group) is 1. The van der Waals surface area contributed by atoms with Gasteiger partial charge in [-0.1, -0.05) is 37.4 Å². The third kappa shape index (κ3) is 6.63. The van der Waals surface area contributed by atoms with Crippen molar-refractivity contribution in [3.05, 3.63) is 58.5 Å². The second-order valence-electron chi connectivity index (χ2n) is 8.16. The molecule has 37 heavy (non-hydrogen) atoms. The number of nitrogens with one attached hydrogen (secondary N) is 3. The summed E-state index contributed by atoms with van der Waals surface area (Å²) < 4.78 is 10.5. The molecule has 2 aromatic heterocycles. The molecule has 4 heterocycles.